The van der Waals surface area contributed by atoms with Gasteiger partial charge in [-0.2, -0.15) is 0 Å². The topological polar surface area (TPSA) is 46.6 Å². The van der Waals surface area contributed by atoms with E-state index >= 15 is 0 Å². The third kappa shape index (κ3) is 2.33. The third-order valence-electron chi connectivity index (χ3n) is 3.96. The minimum absolute atomic E-state index is 0.0367. The number of carbonyl (C=O) groups is 2. The summed E-state index contributed by atoms with van der Waals surface area (Å²) in [4.78, 5) is 25.3. The molecule has 104 valence electrons. The van der Waals surface area contributed by atoms with Crippen molar-refractivity contribution < 1.29 is 14.3 Å². The molecule has 20 heavy (non-hydrogen) atoms. The Hall–Kier alpha value is -2.10. The molecule has 0 aliphatic carbocycles. The summed E-state index contributed by atoms with van der Waals surface area (Å²) in [6.07, 6.45) is 2.51. The maximum Gasteiger partial charge on any atom is 0.331 e. The van der Waals surface area contributed by atoms with E-state index in [1.165, 1.54) is 6.08 Å². The molecule has 0 aromatic heterocycles. The van der Waals surface area contributed by atoms with Crippen LogP contribution in [0.3, 0.4) is 0 Å². The zero-order valence-electron chi connectivity index (χ0n) is 11.4. The lowest BCUT2D eigenvalue weighted by Gasteiger charge is -2.29. The van der Waals surface area contributed by atoms with Gasteiger partial charge in [0.2, 0.25) is 5.91 Å². The average molecular weight is 271 g/mol. The molecule has 0 N–H and O–H groups in total. The van der Waals surface area contributed by atoms with Gasteiger partial charge in [-0.15, -0.1) is 0 Å². The highest BCUT2D eigenvalue weighted by atomic mass is 16.5. The summed E-state index contributed by atoms with van der Waals surface area (Å²) in [6, 6.07) is 9.86. The minimum atomic E-state index is -0.300. The fourth-order valence-corrected chi connectivity index (χ4v) is 2.96. The molecule has 2 aliphatic heterocycles. The van der Waals surface area contributed by atoms with Crippen molar-refractivity contribution in [2.24, 2.45) is 0 Å². The maximum absolute atomic E-state index is 12.1. The van der Waals surface area contributed by atoms with Gasteiger partial charge in [-0.25, -0.2) is 4.79 Å². The van der Waals surface area contributed by atoms with E-state index in [-0.39, 0.29) is 24.0 Å². The lowest BCUT2D eigenvalue weighted by molar-refractivity contribution is -0.143. The Morgan fingerprint density at radius 2 is 2.00 bits per heavy atom. The Morgan fingerprint density at radius 1 is 1.25 bits per heavy atom. The van der Waals surface area contributed by atoms with Gasteiger partial charge < -0.3 is 9.64 Å². The molecule has 1 amide bonds. The molecule has 0 unspecified atom stereocenters. The normalized spacial score (nSPS) is 25.9. The van der Waals surface area contributed by atoms with Crippen LogP contribution in [0.2, 0.25) is 0 Å². The number of rotatable bonds is 3. The van der Waals surface area contributed by atoms with Gasteiger partial charge in [0, 0.05) is 19.0 Å². The average Bonchev–Trinajstić information content (AvgIpc) is 2.95. The van der Waals surface area contributed by atoms with Gasteiger partial charge in [0.25, 0.3) is 0 Å². The first kappa shape index (κ1) is 12.9. The number of ether oxygens (including phenoxy) is 1. The maximum atomic E-state index is 12.1. The Bertz CT molecular complexity index is 564. The highest BCUT2D eigenvalue weighted by Gasteiger charge is 2.41. The molecule has 3 rings (SSSR count). The zero-order valence-corrected chi connectivity index (χ0v) is 11.4. The van der Waals surface area contributed by atoms with Crippen molar-refractivity contribution in [3.63, 3.8) is 0 Å². The molecule has 1 aromatic rings. The van der Waals surface area contributed by atoms with Gasteiger partial charge in [-0.05, 0) is 24.5 Å². The summed E-state index contributed by atoms with van der Waals surface area (Å²) in [7, 11) is 0. The van der Waals surface area contributed by atoms with Crippen LogP contribution in [-0.2, 0) is 20.9 Å². The van der Waals surface area contributed by atoms with Crippen molar-refractivity contribution in [2.45, 2.75) is 38.5 Å². The van der Waals surface area contributed by atoms with E-state index in [0.29, 0.717) is 13.0 Å². The molecule has 1 saturated heterocycles. The molecular formula is C16H17NO3. The molecule has 2 aliphatic rings. The Balaban J connectivity index is 1.79. The predicted molar refractivity (Wildman–Crippen MR) is 73.7 cm³/mol. The molecule has 1 fully saturated rings. The van der Waals surface area contributed by atoms with Crippen molar-refractivity contribution in [3.05, 3.63) is 47.5 Å². The number of cyclic esters (lactones) is 1. The summed E-state index contributed by atoms with van der Waals surface area (Å²) in [5, 5.41) is 0. The first-order valence-corrected chi connectivity index (χ1v) is 6.87. The van der Waals surface area contributed by atoms with E-state index in [9.17, 15) is 9.59 Å². The van der Waals surface area contributed by atoms with Crippen LogP contribution in [0.25, 0.3) is 0 Å². The van der Waals surface area contributed by atoms with Crippen LogP contribution in [0.5, 0.6) is 0 Å². The molecular weight excluding hydrogens is 254 g/mol. The Labute approximate surface area is 118 Å². The van der Waals surface area contributed by atoms with Crippen LogP contribution in [0, 0.1) is 0 Å². The van der Waals surface area contributed by atoms with E-state index < -0.39 is 0 Å². The lowest BCUT2D eigenvalue weighted by Crippen LogP contribution is -2.41. The quantitative estimate of drug-likeness (QED) is 0.790. The second kappa shape index (κ2) is 5.12. The smallest absolute Gasteiger partial charge is 0.331 e. The van der Waals surface area contributed by atoms with Crippen LogP contribution in [0.15, 0.2) is 42.0 Å². The van der Waals surface area contributed by atoms with E-state index in [1.54, 1.807) is 0 Å². The molecule has 2 atom stereocenters. The van der Waals surface area contributed by atoms with Crippen LogP contribution < -0.4 is 0 Å². The zero-order chi connectivity index (χ0) is 14.1. The summed E-state index contributed by atoms with van der Waals surface area (Å²) in [6.45, 7) is 2.46. The van der Waals surface area contributed by atoms with Gasteiger partial charge in [0.05, 0.1) is 6.04 Å². The summed E-state index contributed by atoms with van der Waals surface area (Å²) in [5.41, 5.74) is 2.01. The van der Waals surface area contributed by atoms with E-state index in [2.05, 4.69) is 0 Å². The molecule has 0 radical (unpaired) electrons. The van der Waals surface area contributed by atoms with E-state index in [0.717, 1.165) is 17.6 Å². The molecule has 0 saturated carbocycles. The predicted octanol–water partition coefficient (Wildman–Crippen LogP) is 2.05. The number of esters is 1. The van der Waals surface area contributed by atoms with Crippen molar-refractivity contribution in [2.75, 3.05) is 0 Å². The van der Waals surface area contributed by atoms with Crippen LogP contribution in [0.1, 0.15) is 25.3 Å². The number of hydrogen-bond donors (Lipinski definition) is 0. The van der Waals surface area contributed by atoms with Crippen molar-refractivity contribution in [1.29, 1.82) is 0 Å². The SMILES string of the molecule is CC1=CC(=O)O[C@@H]1[C@@H]1CCC(=O)N1Cc1ccccc1. The number of carbonyl (C=O) groups excluding carboxylic acids is 2. The molecule has 4 nitrogen and oxygen atoms in total. The molecule has 4 heteroatoms. The Kier molecular flexibility index (Phi) is 3.30. The lowest BCUT2D eigenvalue weighted by atomic mass is 10.0. The fourth-order valence-electron chi connectivity index (χ4n) is 2.96. The largest absolute Gasteiger partial charge is 0.452 e. The van der Waals surface area contributed by atoms with Crippen LogP contribution >= 0.6 is 0 Å². The summed E-state index contributed by atoms with van der Waals surface area (Å²) >= 11 is 0. The molecule has 0 spiro atoms. The third-order valence-corrected chi connectivity index (χ3v) is 3.96. The number of nitrogens with zero attached hydrogens (tertiary/aromatic N) is 1. The van der Waals surface area contributed by atoms with Crippen molar-refractivity contribution in [3.8, 4) is 0 Å². The molecule has 0 bridgehead atoms. The standard InChI is InChI=1S/C16H17NO3/c1-11-9-15(19)20-16(11)13-7-8-14(18)17(13)10-12-5-3-2-4-6-12/h2-6,9,13,16H,7-8,10H2,1H3/t13-,16-/m0/s1. The summed E-state index contributed by atoms with van der Waals surface area (Å²) < 4.78 is 5.35. The molecule has 2 heterocycles. The van der Waals surface area contributed by atoms with Crippen molar-refractivity contribution >= 4 is 11.9 Å². The highest BCUT2D eigenvalue weighted by Crippen LogP contribution is 2.30. The fraction of sp³-hybridized carbons (Fsp3) is 0.375. The van der Waals surface area contributed by atoms with Crippen LogP contribution in [0.4, 0.5) is 0 Å². The number of likely N-dealkylation sites (tertiary alicyclic amines) is 1. The Morgan fingerprint density at radius 3 is 2.65 bits per heavy atom. The van der Waals surface area contributed by atoms with Gasteiger partial charge in [0.15, 0.2) is 0 Å². The second-order valence-electron chi connectivity index (χ2n) is 5.36. The van der Waals surface area contributed by atoms with E-state index in [1.807, 2.05) is 42.2 Å². The van der Waals surface area contributed by atoms with Crippen molar-refractivity contribution in [1.82, 2.24) is 4.90 Å². The number of hydrogen-bond acceptors (Lipinski definition) is 3. The number of benzene rings is 1. The van der Waals surface area contributed by atoms with Gasteiger partial charge in [-0.1, -0.05) is 30.3 Å². The first-order valence-electron chi connectivity index (χ1n) is 6.87. The van der Waals surface area contributed by atoms with Gasteiger partial charge >= 0.3 is 5.97 Å². The van der Waals surface area contributed by atoms with Crippen LogP contribution in [-0.4, -0.2) is 28.9 Å². The van der Waals surface area contributed by atoms with Gasteiger partial charge in [0.1, 0.15) is 6.10 Å². The summed E-state index contributed by atoms with van der Waals surface area (Å²) in [5.74, 6) is -0.166. The monoisotopic (exact) mass is 271 g/mol. The highest BCUT2D eigenvalue weighted by molar-refractivity contribution is 5.86. The van der Waals surface area contributed by atoms with E-state index in [4.69, 9.17) is 4.74 Å². The first-order chi connectivity index (χ1) is 9.65. The number of amides is 1. The second-order valence-corrected chi connectivity index (χ2v) is 5.36. The molecule has 1 aromatic carbocycles. The minimum Gasteiger partial charge on any atom is -0.452 e. The van der Waals surface area contributed by atoms with Gasteiger partial charge in [-0.3, -0.25) is 4.79 Å².